The Labute approximate surface area is 153 Å². The molecule has 0 saturated carbocycles. The SMILES string of the molecule is Cc1cc(C)c2c(N)c(C(=O)Nc3c[n+](-c4ccccc4)no3)sc2n1. The molecule has 26 heavy (non-hydrogen) atoms. The Morgan fingerprint density at radius 2 is 2.04 bits per heavy atom. The van der Waals surface area contributed by atoms with Crippen molar-refractivity contribution in [1.82, 2.24) is 10.3 Å². The molecule has 1 amide bonds. The summed E-state index contributed by atoms with van der Waals surface area (Å²) in [6.07, 6.45) is 1.60. The molecule has 1 aromatic carbocycles. The van der Waals surface area contributed by atoms with E-state index in [4.69, 9.17) is 10.3 Å². The van der Waals surface area contributed by atoms with Crippen LogP contribution in [0, 0.1) is 13.8 Å². The van der Waals surface area contributed by atoms with E-state index in [2.05, 4.69) is 15.6 Å². The highest BCUT2D eigenvalue weighted by Gasteiger charge is 2.22. The molecule has 0 unspecified atom stereocenters. The van der Waals surface area contributed by atoms with Gasteiger partial charge in [0.2, 0.25) is 11.0 Å². The van der Waals surface area contributed by atoms with Crippen LogP contribution >= 0.6 is 11.3 Å². The number of benzene rings is 1. The van der Waals surface area contributed by atoms with Gasteiger partial charge in [-0.15, -0.1) is 11.3 Å². The highest BCUT2D eigenvalue weighted by molar-refractivity contribution is 7.21. The van der Waals surface area contributed by atoms with Crippen molar-refractivity contribution in [2.75, 3.05) is 11.1 Å². The van der Waals surface area contributed by atoms with Crippen molar-refractivity contribution in [3.63, 3.8) is 0 Å². The van der Waals surface area contributed by atoms with Gasteiger partial charge in [0.05, 0.1) is 5.69 Å². The predicted molar refractivity (Wildman–Crippen MR) is 99.5 cm³/mol. The van der Waals surface area contributed by atoms with Gasteiger partial charge in [0.15, 0.2) is 0 Å². The van der Waals surface area contributed by atoms with E-state index < -0.39 is 0 Å². The molecule has 3 heterocycles. The van der Waals surface area contributed by atoms with Gasteiger partial charge in [-0.1, -0.05) is 18.2 Å². The summed E-state index contributed by atoms with van der Waals surface area (Å²) in [5.41, 5.74) is 9.35. The van der Waals surface area contributed by atoms with Crippen molar-refractivity contribution in [3.05, 3.63) is 58.7 Å². The maximum absolute atomic E-state index is 12.6. The first kappa shape index (κ1) is 16.2. The van der Waals surface area contributed by atoms with E-state index in [9.17, 15) is 4.79 Å². The Hall–Kier alpha value is -3.26. The molecule has 0 bridgehead atoms. The van der Waals surface area contributed by atoms with Crippen LogP contribution in [0.15, 0.2) is 47.1 Å². The summed E-state index contributed by atoms with van der Waals surface area (Å²) in [6, 6.07) is 11.4. The number of hydrogen-bond acceptors (Lipinski definition) is 6. The fraction of sp³-hybridized carbons (Fsp3) is 0.111. The van der Waals surface area contributed by atoms with Gasteiger partial charge in [0.1, 0.15) is 9.71 Å². The number of nitrogen functional groups attached to an aromatic ring is 1. The van der Waals surface area contributed by atoms with Gasteiger partial charge < -0.3 is 5.73 Å². The van der Waals surface area contributed by atoms with E-state index in [1.54, 1.807) is 10.9 Å². The Kier molecular flexibility index (Phi) is 3.89. The molecule has 0 radical (unpaired) electrons. The molecule has 130 valence electrons. The van der Waals surface area contributed by atoms with E-state index in [0.717, 1.165) is 27.2 Å². The second kappa shape index (κ2) is 6.23. The molecule has 3 N–H and O–H groups in total. The minimum Gasteiger partial charge on any atom is -0.397 e. The number of para-hydroxylation sites is 1. The smallest absolute Gasteiger partial charge is 0.303 e. The number of carbonyl (C=O) groups excluding carboxylic acids is 1. The molecular weight excluding hydrogens is 350 g/mol. The summed E-state index contributed by atoms with van der Waals surface area (Å²) in [4.78, 5) is 18.3. The molecule has 8 heteroatoms. The van der Waals surface area contributed by atoms with Crippen LogP contribution in [0.25, 0.3) is 15.9 Å². The quantitative estimate of drug-likeness (QED) is 0.543. The number of nitrogens with two attached hydrogens (primary N) is 1. The fourth-order valence-electron chi connectivity index (χ4n) is 2.81. The monoisotopic (exact) mass is 366 g/mol. The molecular formula is C18H16N5O2S+. The molecule has 7 nitrogen and oxygen atoms in total. The number of aryl methyl sites for hydroxylation is 2. The number of nitrogens with zero attached hydrogens (tertiary/aromatic N) is 3. The van der Waals surface area contributed by atoms with Crippen LogP contribution in [-0.2, 0) is 0 Å². The zero-order chi connectivity index (χ0) is 18.3. The maximum atomic E-state index is 12.6. The lowest BCUT2D eigenvalue weighted by atomic mass is 10.1. The van der Waals surface area contributed by atoms with Gasteiger partial charge >= 0.3 is 5.88 Å². The largest absolute Gasteiger partial charge is 0.397 e. The molecule has 0 aliphatic heterocycles. The van der Waals surface area contributed by atoms with Crippen LogP contribution in [0.1, 0.15) is 20.9 Å². The third-order valence-electron chi connectivity index (χ3n) is 3.95. The molecule has 4 aromatic rings. The number of nitrogens with one attached hydrogen (secondary N) is 1. The number of rotatable bonds is 3. The van der Waals surface area contributed by atoms with Crippen LogP contribution in [0.3, 0.4) is 0 Å². The van der Waals surface area contributed by atoms with Gasteiger partial charge in [-0.2, -0.15) is 0 Å². The van der Waals surface area contributed by atoms with Gasteiger partial charge in [-0.25, -0.2) is 4.98 Å². The van der Waals surface area contributed by atoms with Gasteiger partial charge in [0, 0.05) is 23.2 Å². The number of hydrogen-bond donors (Lipinski definition) is 2. The van der Waals surface area contributed by atoms with Gasteiger partial charge in [0.25, 0.3) is 12.1 Å². The molecule has 0 atom stereocenters. The summed E-state index contributed by atoms with van der Waals surface area (Å²) in [5.74, 6) is -0.115. The number of amides is 1. The Balaban J connectivity index is 1.63. The van der Waals surface area contributed by atoms with Crippen LogP contribution < -0.4 is 15.7 Å². The third-order valence-corrected chi connectivity index (χ3v) is 5.05. The zero-order valence-electron chi connectivity index (χ0n) is 14.2. The molecule has 3 aromatic heterocycles. The Morgan fingerprint density at radius 1 is 1.27 bits per heavy atom. The first-order valence-electron chi connectivity index (χ1n) is 7.94. The lowest BCUT2D eigenvalue weighted by Crippen LogP contribution is -2.31. The average Bonchev–Trinajstić information content (AvgIpc) is 3.20. The summed E-state index contributed by atoms with van der Waals surface area (Å²) < 4.78 is 6.74. The summed E-state index contributed by atoms with van der Waals surface area (Å²) in [6.45, 7) is 3.87. The fourth-order valence-corrected chi connectivity index (χ4v) is 3.92. The summed E-state index contributed by atoms with van der Waals surface area (Å²) in [5, 5.41) is 7.43. The van der Waals surface area contributed by atoms with Crippen LogP contribution in [0.2, 0.25) is 0 Å². The normalized spacial score (nSPS) is 11.0. The van der Waals surface area contributed by atoms with E-state index in [1.165, 1.54) is 11.3 Å². The lowest BCUT2D eigenvalue weighted by molar-refractivity contribution is -0.670. The van der Waals surface area contributed by atoms with Crippen LogP contribution in [-0.4, -0.2) is 16.2 Å². The van der Waals surface area contributed by atoms with E-state index in [0.29, 0.717) is 10.6 Å². The zero-order valence-corrected chi connectivity index (χ0v) is 15.0. The van der Waals surface area contributed by atoms with Crippen molar-refractivity contribution in [2.24, 2.45) is 0 Å². The Morgan fingerprint density at radius 3 is 2.81 bits per heavy atom. The minimum atomic E-state index is -0.348. The average molecular weight is 366 g/mol. The molecule has 0 aliphatic rings. The predicted octanol–water partition coefficient (Wildman–Crippen LogP) is 3.01. The number of thiophene rings is 1. The molecule has 0 spiro atoms. The van der Waals surface area contributed by atoms with Crippen molar-refractivity contribution >= 4 is 39.0 Å². The highest BCUT2D eigenvalue weighted by Crippen LogP contribution is 2.35. The third kappa shape index (κ3) is 2.80. The van der Waals surface area contributed by atoms with Crippen molar-refractivity contribution < 1.29 is 14.0 Å². The number of carbonyl (C=O) groups is 1. The number of fused-ring (bicyclic) bond motifs is 1. The molecule has 0 saturated heterocycles. The van der Waals surface area contributed by atoms with Crippen molar-refractivity contribution in [1.29, 1.82) is 0 Å². The van der Waals surface area contributed by atoms with Gasteiger partial charge in [-0.3, -0.25) is 14.6 Å². The number of pyridine rings is 1. The number of anilines is 2. The van der Waals surface area contributed by atoms with Gasteiger partial charge in [-0.05, 0) is 30.2 Å². The van der Waals surface area contributed by atoms with Crippen molar-refractivity contribution in [2.45, 2.75) is 13.8 Å². The van der Waals surface area contributed by atoms with Crippen LogP contribution in [0.5, 0.6) is 0 Å². The maximum Gasteiger partial charge on any atom is 0.303 e. The topological polar surface area (TPSA) is 97.9 Å². The standard InChI is InChI=1S/C18H15N5O2S/c1-10-8-11(2)20-18-14(10)15(19)16(26-18)17(24)21-13-9-23(22-25-13)12-6-4-3-5-7-12/h3-9H,1-2H3,(H2-,19,21,22,24)/p+1. The minimum absolute atomic E-state index is 0.233. The van der Waals surface area contributed by atoms with E-state index in [1.807, 2.05) is 50.2 Å². The lowest BCUT2D eigenvalue weighted by Gasteiger charge is -2.00. The first-order chi connectivity index (χ1) is 12.5. The summed E-state index contributed by atoms with van der Waals surface area (Å²) >= 11 is 1.27. The van der Waals surface area contributed by atoms with Crippen molar-refractivity contribution in [3.8, 4) is 5.69 Å². The Bertz CT molecular complexity index is 1120. The molecule has 0 fully saturated rings. The summed E-state index contributed by atoms with van der Waals surface area (Å²) in [7, 11) is 0. The molecule has 4 rings (SSSR count). The second-order valence-electron chi connectivity index (χ2n) is 5.91. The van der Waals surface area contributed by atoms with Crippen LogP contribution in [0.4, 0.5) is 11.6 Å². The second-order valence-corrected chi connectivity index (χ2v) is 6.91. The number of aromatic nitrogens is 3. The highest BCUT2D eigenvalue weighted by atomic mass is 32.1. The molecule has 0 aliphatic carbocycles. The van der Waals surface area contributed by atoms with E-state index >= 15 is 0 Å². The first-order valence-corrected chi connectivity index (χ1v) is 8.76. The van der Waals surface area contributed by atoms with E-state index in [-0.39, 0.29) is 11.8 Å².